The number of hydrogen-bond acceptors (Lipinski definition) is 5. The first-order valence-corrected chi connectivity index (χ1v) is 7.58. The number of hydrogen-bond donors (Lipinski definition) is 1. The molecule has 5 nitrogen and oxygen atoms in total. The van der Waals surface area contributed by atoms with Gasteiger partial charge in [-0.2, -0.15) is 0 Å². The Morgan fingerprint density at radius 1 is 1.25 bits per heavy atom. The van der Waals surface area contributed by atoms with Gasteiger partial charge in [-0.05, 0) is 36.6 Å². The molecule has 0 aliphatic carbocycles. The summed E-state index contributed by atoms with van der Waals surface area (Å²) < 4.78 is 6.69. The SMILES string of the molecule is COc1ccc(-c2nnc(SCCC(C)C)n2N)cc1. The van der Waals surface area contributed by atoms with Gasteiger partial charge in [-0.15, -0.1) is 10.2 Å². The Morgan fingerprint density at radius 2 is 1.95 bits per heavy atom. The lowest BCUT2D eigenvalue weighted by Gasteiger charge is -2.05. The van der Waals surface area contributed by atoms with Gasteiger partial charge in [-0.1, -0.05) is 25.6 Å². The molecule has 2 N–H and O–H groups in total. The number of thioether (sulfide) groups is 1. The summed E-state index contributed by atoms with van der Waals surface area (Å²) in [6.45, 7) is 4.41. The molecule has 0 amide bonds. The van der Waals surface area contributed by atoms with Crippen molar-refractivity contribution in [2.24, 2.45) is 5.92 Å². The van der Waals surface area contributed by atoms with Crippen LogP contribution in [-0.4, -0.2) is 27.7 Å². The first-order chi connectivity index (χ1) is 9.61. The number of nitrogens with two attached hydrogens (primary N) is 1. The zero-order valence-electron chi connectivity index (χ0n) is 12.0. The highest BCUT2D eigenvalue weighted by atomic mass is 32.2. The minimum Gasteiger partial charge on any atom is -0.497 e. The second kappa shape index (κ2) is 6.65. The quantitative estimate of drug-likeness (QED) is 0.655. The lowest BCUT2D eigenvalue weighted by molar-refractivity contribution is 0.415. The van der Waals surface area contributed by atoms with Crippen molar-refractivity contribution in [1.29, 1.82) is 0 Å². The van der Waals surface area contributed by atoms with E-state index in [0.29, 0.717) is 11.7 Å². The van der Waals surface area contributed by atoms with Gasteiger partial charge < -0.3 is 10.6 Å². The third-order valence-electron chi connectivity index (χ3n) is 2.94. The van der Waals surface area contributed by atoms with E-state index in [9.17, 15) is 0 Å². The average Bonchev–Trinajstić information content (AvgIpc) is 2.80. The van der Waals surface area contributed by atoms with Crippen LogP contribution >= 0.6 is 11.8 Å². The summed E-state index contributed by atoms with van der Waals surface area (Å²) in [5.41, 5.74) is 0.927. The number of nitrogen functional groups attached to an aromatic ring is 1. The Balaban J connectivity index is 2.11. The molecular formula is C14H20N4OS. The van der Waals surface area contributed by atoms with Crippen LogP contribution in [0.25, 0.3) is 11.4 Å². The van der Waals surface area contributed by atoms with Gasteiger partial charge >= 0.3 is 0 Å². The maximum atomic E-state index is 6.06. The molecule has 2 rings (SSSR count). The molecule has 0 saturated heterocycles. The third-order valence-corrected chi connectivity index (χ3v) is 3.92. The van der Waals surface area contributed by atoms with Crippen LogP contribution in [0.2, 0.25) is 0 Å². The second-order valence-electron chi connectivity index (χ2n) is 4.94. The minimum absolute atomic E-state index is 0.666. The Bertz CT molecular complexity index is 551. The van der Waals surface area contributed by atoms with Gasteiger partial charge in [0.15, 0.2) is 5.82 Å². The van der Waals surface area contributed by atoms with Crippen molar-refractivity contribution in [2.45, 2.75) is 25.4 Å². The number of ether oxygens (including phenoxy) is 1. The molecular weight excluding hydrogens is 272 g/mol. The van der Waals surface area contributed by atoms with Gasteiger partial charge in [-0.25, -0.2) is 4.68 Å². The summed E-state index contributed by atoms with van der Waals surface area (Å²) in [4.78, 5) is 0. The van der Waals surface area contributed by atoms with E-state index in [2.05, 4.69) is 24.0 Å². The van der Waals surface area contributed by atoms with E-state index in [1.165, 1.54) is 0 Å². The van der Waals surface area contributed by atoms with E-state index in [4.69, 9.17) is 10.6 Å². The first-order valence-electron chi connectivity index (χ1n) is 6.59. The fourth-order valence-corrected chi connectivity index (χ4v) is 2.79. The minimum atomic E-state index is 0.666. The van der Waals surface area contributed by atoms with Gasteiger partial charge in [-0.3, -0.25) is 0 Å². The molecule has 1 aromatic heterocycles. The molecule has 0 bridgehead atoms. The van der Waals surface area contributed by atoms with Crippen molar-refractivity contribution in [3.05, 3.63) is 24.3 Å². The highest BCUT2D eigenvalue weighted by Gasteiger charge is 2.12. The van der Waals surface area contributed by atoms with Gasteiger partial charge in [0.2, 0.25) is 5.16 Å². The van der Waals surface area contributed by atoms with E-state index in [1.54, 1.807) is 23.5 Å². The molecule has 2 aromatic rings. The summed E-state index contributed by atoms with van der Waals surface area (Å²) in [5, 5.41) is 9.06. The van der Waals surface area contributed by atoms with Crippen LogP contribution in [0.15, 0.2) is 29.4 Å². The van der Waals surface area contributed by atoms with Crippen molar-refractivity contribution in [3.8, 4) is 17.1 Å². The molecule has 0 atom stereocenters. The summed E-state index contributed by atoms with van der Waals surface area (Å²) >= 11 is 1.64. The summed E-state index contributed by atoms with van der Waals surface area (Å²) in [7, 11) is 1.64. The Labute approximate surface area is 123 Å². The number of benzene rings is 1. The lowest BCUT2D eigenvalue weighted by Crippen LogP contribution is -2.11. The molecule has 0 spiro atoms. The second-order valence-corrected chi connectivity index (χ2v) is 6.00. The molecule has 1 aromatic carbocycles. The van der Waals surface area contributed by atoms with E-state index in [1.807, 2.05) is 24.3 Å². The van der Waals surface area contributed by atoms with Crippen molar-refractivity contribution in [2.75, 3.05) is 18.7 Å². The molecule has 0 saturated carbocycles. The predicted molar refractivity (Wildman–Crippen MR) is 82.3 cm³/mol. The molecule has 0 radical (unpaired) electrons. The van der Waals surface area contributed by atoms with E-state index in [-0.39, 0.29) is 0 Å². The highest BCUT2D eigenvalue weighted by molar-refractivity contribution is 7.99. The third kappa shape index (κ3) is 3.45. The summed E-state index contributed by atoms with van der Waals surface area (Å²) in [6, 6.07) is 7.62. The van der Waals surface area contributed by atoms with Crippen molar-refractivity contribution in [1.82, 2.24) is 14.9 Å². The molecule has 108 valence electrons. The van der Waals surface area contributed by atoms with Crippen LogP contribution in [0, 0.1) is 5.92 Å². The summed E-state index contributed by atoms with van der Waals surface area (Å²) in [6.07, 6.45) is 1.13. The Kier molecular flexibility index (Phi) is 4.89. The van der Waals surface area contributed by atoms with Crippen molar-refractivity contribution in [3.63, 3.8) is 0 Å². The standard InChI is InChI=1S/C14H20N4OS/c1-10(2)8-9-20-14-17-16-13(18(14)15)11-4-6-12(19-3)7-5-11/h4-7,10H,8-9,15H2,1-3H3. The van der Waals surface area contributed by atoms with E-state index < -0.39 is 0 Å². The van der Waals surface area contributed by atoms with E-state index >= 15 is 0 Å². The molecule has 6 heteroatoms. The monoisotopic (exact) mass is 292 g/mol. The molecule has 1 heterocycles. The normalized spacial score (nSPS) is 11.0. The fourth-order valence-electron chi connectivity index (χ4n) is 1.70. The smallest absolute Gasteiger partial charge is 0.210 e. The summed E-state index contributed by atoms with van der Waals surface area (Å²) in [5.74, 6) is 9.21. The average molecular weight is 292 g/mol. The fraction of sp³-hybridized carbons (Fsp3) is 0.429. The van der Waals surface area contributed by atoms with Crippen LogP contribution < -0.4 is 10.6 Å². The topological polar surface area (TPSA) is 66.0 Å². The lowest BCUT2D eigenvalue weighted by atomic mass is 10.2. The van der Waals surface area contributed by atoms with Gasteiger partial charge in [0.1, 0.15) is 5.75 Å². The van der Waals surface area contributed by atoms with E-state index in [0.717, 1.165) is 28.6 Å². The number of rotatable bonds is 6. The van der Waals surface area contributed by atoms with Crippen LogP contribution in [0.4, 0.5) is 0 Å². The van der Waals surface area contributed by atoms with Gasteiger partial charge in [0.25, 0.3) is 0 Å². The molecule has 20 heavy (non-hydrogen) atoms. The number of nitrogens with zero attached hydrogens (tertiary/aromatic N) is 3. The maximum Gasteiger partial charge on any atom is 0.210 e. The molecule has 0 aliphatic rings. The zero-order valence-corrected chi connectivity index (χ0v) is 12.9. The van der Waals surface area contributed by atoms with Crippen molar-refractivity contribution < 1.29 is 4.74 Å². The first kappa shape index (κ1) is 14.7. The zero-order chi connectivity index (χ0) is 14.5. The number of methoxy groups -OCH3 is 1. The van der Waals surface area contributed by atoms with Gasteiger partial charge in [0.05, 0.1) is 7.11 Å². The molecule has 0 unspecified atom stereocenters. The number of aromatic nitrogens is 3. The van der Waals surface area contributed by atoms with Crippen LogP contribution in [0.3, 0.4) is 0 Å². The van der Waals surface area contributed by atoms with Crippen molar-refractivity contribution >= 4 is 11.8 Å². The molecule has 0 aliphatic heterocycles. The van der Waals surface area contributed by atoms with Crippen LogP contribution in [-0.2, 0) is 0 Å². The van der Waals surface area contributed by atoms with Crippen LogP contribution in [0.5, 0.6) is 5.75 Å². The Hall–Kier alpha value is -1.69. The van der Waals surface area contributed by atoms with Crippen LogP contribution in [0.1, 0.15) is 20.3 Å². The maximum absolute atomic E-state index is 6.06. The largest absolute Gasteiger partial charge is 0.497 e. The highest BCUT2D eigenvalue weighted by Crippen LogP contribution is 2.24. The molecule has 0 fully saturated rings. The Morgan fingerprint density at radius 3 is 2.55 bits per heavy atom. The predicted octanol–water partition coefficient (Wildman–Crippen LogP) is 2.81. The van der Waals surface area contributed by atoms with Gasteiger partial charge in [0, 0.05) is 11.3 Å².